The highest BCUT2D eigenvalue weighted by molar-refractivity contribution is 6.04. The van der Waals surface area contributed by atoms with Crippen LogP contribution in [0.1, 0.15) is 153 Å². The Balaban J connectivity index is 1.18. The lowest BCUT2D eigenvalue weighted by atomic mass is 9.52. The fourth-order valence-electron chi connectivity index (χ4n) is 7.96. The number of rotatable bonds is 21. The number of hydrogen-bond acceptors (Lipinski definition) is 8. The van der Waals surface area contributed by atoms with Crippen molar-refractivity contribution in [1.29, 1.82) is 0 Å². The third kappa shape index (κ3) is 8.65. The average Bonchev–Trinajstić information content (AvgIpc) is 3.54. The highest BCUT2D eigenvalue weighted by Gasteiger charge is 2.66. The molecule has 8 heteroatoms. The van der Waals surface area contributed by atoms with E-state index in [9.17, 15) is 24.0 Å². The van der Waals surface area contributed by atoms with Gasteiger partial charge in [0.15, 0.2) is 0 Å². The first kappa shape index (κ1) is 35.8. The van der Waals surface area contributed by atoms with E-state index in [0.29, 0.717) is 17.5 Å². The van der Waals surface area contributed by atoms with Crippen molar-refractivity contribution in [3.05, 3.63) is 35.4 Å². The van der Waals surface area contributed by atoms with E-state index >= 15 is 0 Å². The maximum Gasteiger partial charge on any atom is 0.321 e. The summed E-state index contributed by atoms with van der Waals surface area (Å²) >= 11 is 0. The second-order valence-electron chi connectivity index (χ2n) is 13.8. The maximum absolute atomic E-state index is 13.8. The molecule has 46 heavy (non-hydrogen) atoms. The van der Waals surface area contributed by atoms with E-state index in [2.05, 4.69) is 6.92 Å². The molecule has 5 atom stereocenters. The monoisotopic (exact) mass is 638 g/mol. The van der Waals surface area contributed by atoms with E-state index in [1.165, 1.54) is 89.9 Å². The molecule has 0 saturated carbocycles. The number of unbranched alkanes of at least 4 members (excludes halogenated alkanes) is 17. The van der Waals surface area contributed by atoms with Gasteiger partial charge in [0, 0.05) is 5.41 Å². The number of hydrogen-bond donors (Lipinski definition) is 0. The third-order valence-corrected chi connectivity index (χ3v) is 10.6. The molecule has 0 aromatic heterocycles. The second-order valence-corrected chi connectivity index (χ2v) is 13.8. The van der Waals surface area contributed by atoms with Gasteiger partial charge in [-0.2, -0.15) is 0 Å². The third-order valence-electron chi connectivity index (χ3n) is 10.6. The van der Waals surface area contributed by atoms with Gasteiger partial charge in [0.25, 0.3) is 0 Å². The molecular weight excluding hydrogens is 584 g/mol. The lowest BCUT2D eigenvalue weighted by molar-refractivity contribution is -0.164. The van der Waals surface area contributed by atoms with Crippen molar-refractivity contribution < 1.29 is 38.2 Å². The Labute approximate surface area is 274 Å². The predicted molar refractivity (Wildman–Crippen MR) is 174 cm³/mol. The molecule has 0 N–H and O–H groups in total. The number of carbonyl (C=O) groups excluding carboxylic acids is 5. The maximum atomic E-state index is 13.8. The summed E-state index contributed by atoms with van der Waals surface area (Å²) in [4.78, 5) is 64.6. The molecule has 2 heterocycles. The quantitative estimate of drug-likeness (QED) is 0.0576. The predicted octanol–water partition coefficient (Wildman–Crippen LogP) is 8.03. The highest BCUT2D eigenvalue weighted by Crippen LogP contribution is 2.57. The molecule has 1 aromatic rings. The lowest BCUT2D eigenvalue weighted by Gasteiger charge is -2.47. The molecule has 2 fully saturated rings. The topological polar surface area (TPSA) is 113 Å². The standard InChI is InChI=1S/C38H54O8/c1-3-4-5-6-7-8-9-10-11-12-13-14-15-16-17-18-19-22-25-44-37(43)33-32-31(35(41)46-36(32)42)27-23-20-21-24-28(27)38(33,2)29-26-30(39)45-34(29)40/h20-21,23-24,29,31-33H,3-19,22,25-26H2,1-2H3. The first-order valence-corrected chi connectivity index (χ1v) is 18.1. The van der Waals surface area contributed by atoms with Gasteiger partial charge < -0.3 is 14.2 Å². The summed E-state index contributed by atoms with van der Waals surface area (Å²) in [6, 6.07) is 6.95. The van der Waals surface area contributed by atoms with E-state index in [-0.39, 0.29) is 13.0 Å². The minimum absolute atomic E-state index is 0.181. The molecule has 0 amide bonds. The summed E-state index contributed by atoms with van der Waals surface area (Å²) in [7, 11) is 0. The molecule has 5 unspecified atom stereocenters. The van der Waals surface area contributed by atoms with Crippen LogP contribution in [0.4, 0.5) is 0 Å². The zero-order chi connectivity index (χ0) is 32.9. The molecule has 1 aliphatic carbocycles. The highest BCUT2D eigenvalue weighted by atomic mass is 16.6. The number of carbonyl (C=O) groups is 5. The van der Waals surface area contributed by atoms with Gasteiger partial charge in [-0.25, -0.2) is 0 Å². The molecule has 2 saturated heterocycles. The van der Waals surface area contributed by atoms with Gasteiger partial charge in [0.1, 0.15) is 0 Å². The van der Waals surface area contributed by atoms with Crippen LogP contribution in [0.3, 0.4) is 0 Å². The Bertz CT molecular complexity index is 1210. The first-order valence-electron chi connectivity index (χ1n) is 18.1. The van der Waals surface area contributed by atoms with E-state index in [1.54, 1.807) is 31.2 Å². The molecule has 3 aliphatic rings. The summed E-state index contributed by atoms with van der Waals surface area (Å²) in [6.07, 6.45) is 22.5. The van der Waals surface area contributed by atoms with Crippen molar-refractivity contribution in [1.82, 2.24) is 0 Å². The van der Waals surface area contributed by atoms with Crippen molar-refractivity contribution in [2.45, 2.75) is 147 Å². The van der Waals surface area contributed by atoms with Crippen molar-refractivity contribution >= 4 is 29.8 Å². The summed E-state index contributed by atoms with van der Waals surface area (Å²) in [6.45, 7) is 4.14. The first-order chi connectivity index (χ1) is 22.3. The van der Waals surface area contributed by atoms with Gasteiger partial charge in [-0.15, -0.1) is 0 Å². The molecule has 8 nitrogen and oxygen atoms in total. The number of fused-ring (bicyclic) bond motifs is 3. The van der Waals surface area contributed by atoms with Crippen LogP contribution in [0.2, 0.25) is 0 Å². The average molecular weight is 639 g/mol. The molecule has 254 valence electrons. The smallest absolute Gasteiger partial charge is 0.321 e. The number of benzene rings is 1. The van der Waals surface area contributed by atoms with Crippen LogP contribution in [-0.4, -0.2) is 36.5 Å². The van der Waals surface area contributed by atoms with Crippen molar-refractivity contribution in [2.75, 3.05) is 6.61 Å². The second kappa shape index (κ2) is 17.8. The van der Waals surface area contributed by atoms with Crippen molar-refractivity contribution in [3.63, 3.8) is 0 Å². The van der Waals surface area contributed by atoms with E-state index in [0.717, 1.165) is 19.3 Å². The van der Waals surface area contributed by atoms with E-state index < -0.39 is 58.9 Å². The van der Waals surface area contributed by atoms with Gasteiger partial charge in [-0.1, -0.05) is 147 Å². The van der Waals surface area contributed by atoms with Crippen LogP contribution in [0.15, 0.2) is 24.3 Å². The van der Waals surface area contributed by atoms with Crippen LogP contribution >= 0.6 is 0 Å². The van der Waals surface area contributed by atoms with Crippen LogP contribution in [0.5, 0.6) is 0 Å². The van der Waals surface area contributed by atoms with Crippen LogP contribution in [-0.2, 0) is 43.6 Å². The zero-order valence-electron chi connectivity index (χ0n) is 28.0. The largest absolute Gasteiger partial charge is 0.465 e. The van der Waals surface area contributed by atoms with Gasteiger partial charge in [-0.05, 0) is 17.5 Å². The zero-order valence-corrected chi connectivity index (χ0v) is 28.0. The van der Waals surface area contributed by atoms with Gasteiger partial charge in [-0.3, -0.25) is 24.0 Å². The molecule has 0 radical (unpaired) electrons. The molecule has 0 bridgehead atoms. The van der Waals surface area contributed by atoms with Crippen LogP contribution in [0, 0.1) is 17.8 Å². The fourth-order valence-corrected chi connectivity index (χ4v) is 7.96. The van der Waals surface area contributed by atoms with Crippen molar-refractivity contribution in [3.8, 4) is 0 Å². The van der Waals surface area contributed by atoms with Gasteiger partial charge in [0.2, 0.25) is 0 Å². The Hall–Kier alpha value is -3.03. The summed E-state index contributed by atoms with van der Waals surface area (Å²) in [5.74, 6) is -7.85. The SMILES string of the molecule is CCCCCCCCCCCCCCCCCCCCOC(=O)C1C2C(=O)OC(=O)C2c2ccccc2C1(C)C1CC(=O)OC1=O. The van der Waals surface area contributed by atoms with E-state index in [4.69, 9.17) is 14.2 Å². The fraction of sp³-hybridized carbons (Fsp3) is 0.711. The number of cyclic esters (lactones) is 4. The Morgan fingerprint density at radius 1 is 0.717 bits per heavy atom. The Kier molecular flexibility index (Phi) is 13.8. The van der Waals surface area contributed by atoms with Crippen LogP contribution < -0.4 is 0 Å². The molecule has 0 spiro atoms. The minimum Gasteiger partial charge on any atom is -0.465 e. The minimum atomic E-state index is -1.30. The normalized spacial score (nSPS) is 25.3. The van der Waals surface area contributed by atoms with Gasteiger partial charge in [0.05, 0.1) is 36.7 Å². The van der Waals surface area contributed by atoms with Crippen molar-refractivity contribution in [2.24, 2.45) is 17.8 Å². The van der Waals surface area contributed by atoms with Crippen LogP contribution in [0.25, 0.3) is 0 Å². The summed E-state index contributed by atoms with van der Waals surface area (Å²) < 4.78 is 15.6. The Morgan fingerprint density at radius 3 is 1.76 bits per heavy atom. The number of esters is 5. The lowest BCUT2D eigenvalue weighted by Crippen LogP contribution is -2.54. The molecule has 4 rings (SSSR count). The Morgan fingerprint density at radius 2 is 1.24 bits per heavy atom. The van der Waals surface area contributed by atoms with Gasteiger partial charge >= 0.3 is 29.8 Å². The summed E-state index contributed by atoms with van der Waals surface area (Å²) in [5, 5.41) is 0. The molecule has 1 aromatic carbocycles. The summed E-state index contributed by atoms with van der Waals surface area (Å²) in [5.41, 5.74) is -0.199. The molecule has 2 aliphatic heterocycles. The van der Waals surface area contributed by atoms with E-state index in [1.807, 2.05) is 0 Å². The molecular formula is C38H54O8. The number of ether oxygens (including phenoxy) is 3.